The number of rotatable bonds is 5. The van der Waals surface area contributed by atoms with Crippen LogP contribution >= 0.6 is 0 Å². The van der Waals surface area contributed by atoms with Gasteiger partial charge < -0.3 is 14.2 Å². The van der Waals surface area contributed by atoms with E-state index in [1.165, 1.54) is 16.5 Å². The van der Waals surface area contributed by atoms with Crippen molar-refractivity contribution < 1.29 is 18.9 Å². The van der Waals surface area contributed by atoms with Crippen LogP contribution in [0.15, 0.2) is 46.9 Å². The summed E-state index contributed by atoms with van der Waals surface area (Å²) in [4.78, 5) is 38.4. The molecule has 0 atom stereocenters. The van der Waals surface area contributed by atoms with Gasteiger partial charge in [0.15, 0.2) is 5.76 Å². The summed E-state index contributed by atoms with van der Waals surface area (Å²) in [5.41, 5.74) is 1.34. The molecule has 0 bridgehead atoms. The number of nitro groups is 1. The third kappa shape index (κ3) is 4.16. The molecule has 152 valence electrons. The molecular weight excluding hydrogens is 374 g/mol. The third-order valence-electron chi connectivity index (χ3n) is 5.79. The summed E-state index contributed by atoms with van der Waals surface area (Å²) in [6.45, 7) is 2.17. The van der Waals surface area contributed by atoms with Crippen molar-refractivity contribution >= 4 is 17.7 Å². The highest BCUT2D eigenvalue weighted by Gasteiger charge is 2.40. The lowest BCUT2D eigenvalue weighted by Gasteiger charge is -2.41. The van der Waals surface area contributed by atoms with Crippen LogP contribution in [-0.4, -0.2) is 52.7 Å². The second kappa shape index (κ2) is 8.06. The van der Waals surface area contributed by atoms with Gasteiger partial charge in [-0.3, -0.25) is 19.7 Å². The Morgan fingerprint density at radius 2 is 1.72 bits per heavy atom. The fourth-order valence-electron chi connectivity index (χ4n) is 4.06. The van der Waals surface area contributed by atoms with Crippen molar-refractivity contribution in [3.63, 3.8) is 0 Å². The highest BCUT2D eigenvalue weighted by molar-refractivity contribution is 5.94. The molecule has 2 saturated heterocycles. The average Bonchev–Trinajstić information content (AvgIpc) is 3.19. The summed E-state index contributed by atoms with van der Waals surface area (Å²) >= 11 is 0. The van der Waals surface area contributed by atoms with Crippen LogP contribution in [0.5, 0.6) is 0 Å². The molecule has 2 aliphatic heterocycles. The Morgan fingerprint density at radius 1 is 1.03 bits per heavy atom. The van der Waals surface area contributed by atoms with Gasteiger partial charge in [-0.05, 0) is 36.8 Å². The van der Waals surface area contributed by atoms with Crippen LogP contribution in [-0.2, 0) is 11.2 Å². The van der Waals surface area contributed by atoms with Crippen molar-refractivity contribution in [1.82, 2.24) is 9.80 Å². The van der Waals surface area contributed by atoms with E-state index in [4.69, 9.17) is 4.42 Å². The van der Waals surface area contributed by atoms with Crippen LogP contribution in [0.3, 0.4) is 0 Å². The topological polar surface area (TPSA) is 96.9 Å². The van der Waals surface area contributed by atoms with E-state index < -0.39 is 16.7 Å². The maximum absolute atomic E-state index is 12.7. The van der Waals surface area contributed by atoms with E-state index in [9.17, 15) is 19.7 Å². The van der Waals surface area contributed by atoms with Gasteiger partial charge in [0.1, 0.15) is 4.92 Å². The van der Waals surface area contributed by atoms with Crippen LogP contribution in [0.4, 0.5) is 5.88 Å². The predicted molar refractivity (Wildman–Crippen MR) is 104 cm³/mol. The number of nitrogens with zero attached hydrogens (tertiary/aromatic N) is 3. The Kier molecular flexibility index (Phi) is 5.33. The highest BCUT2D eigenvalue weighted by atomic mass is 16.6. The Labute approximate surface area is 168 Å². The molecule has 0 spiro atoms. The SMILES string of the molecule is O=C(c1ccc([N+](=O)[O-])o1)N1CC(C(=O)N2CCC(Cc3ccccc3)CC2)C1. The summed E-state index contributed by atoms with van der Waals surface area (Å²) in [6.07, 6.45) is 3.03. The number of benzene rings is 1. The highest BCUT2D eigenvalue weighted by Crippen LogP contribution is 2.27. The van der Waals surface area contributed by atoms with E-state index in [0.717, 1.165) is 38.4 Å². The Bertz CT molecular complexity index is 896. The molecule has 0 saturated carbocycles. The van der Waals surface area contributed by atoms with Gasteiger partial charge in [0.25, 0.3) is 5.91 Å². The standard InChI is InChI=1S/C21H23N3O5/c25-20(22-10-8-16(9-11-22)12-15-4-2-1-3-5-15)17-13-23(14-17)21(26)18-6-7-19(29-18)24(27)28/h1-7,16-17H,8-14H2. The minimum Gasteiger partial charge on any atom is -0.395 e. The van der Waals surface area contributed by atoms with Crippen LogP contribution in [0.25, 0.3) is 0 Å². The van der Waals surface area contributed by atoms with Crippen molar-refractivity contribution in [2.75, 3.05) is 26.2 Å². The lowest BCUT2D eigenvalue weighted by Crippen LogP contribution is -2.57. The number of hydrogen-bond acceptors (Lipinski definition) is 5. The number of likely N-dealkylation sites (tertiary alicyclic amines) is 2. The van der Waals surface area contributed by atoms with Crippen molar-refractivity contribution in [3.8, 4) is 0 Å². The molecule has 2 fully saturated rings. The Morgan fingerprint density at radius 3 is 2.34 bits per heavy atom. The molecule has 0 radical (unpaired) electrons. The van der Waals surface area contributed by atoms with E-state index in [2.05, 4.69) is 24.3 Å². The third-order valence-corrected chi connectivity index (χ3v) is 5.79. The number of hydrogen-bond donors (Lipinski definition) is 0. The van der Waals surface area contributed by atoms with Gasteiger partial charge in [0.05, 0.1) is 12.0 Å². The fraction of sp³-hybridized carbons (Fsp3) is 0.429. The maximum atomic E-state index is 12.7. The molecule has 4 rings (SSSR count). The van der Waals surface area contributed by atoms with Gasteiger partial charge in [0.2, 0.25) is 5.91 Å². The molecule has 0 unspecified atom stereocenters. The Balaban J connectivity index is 1.23. The molecule has 2 aliphatic rings. The number of furan rings is 1. The summed E-state index contributed by atoms with van der Waals surface area (Å²) < 4.78 is 4.95. The van der Waals surface area contributed by atoms with Gasteiger partial charge in [-0.1, -0.05) is 30.3 Å². The van der Waals surface area contributed by atoms with E-state index >= 15 is 0 Å². The summed E-state index contributed by atoms with van der Waals surface area (Å²) in [6, 6.07) is 12.9. The lowest BCUT2D eigenvalue weighted by atomic mass is 9.89. The maximum Gasteiger partial charge on any atom is 0.433 e. The monoisotopic (exact) mass is 397 g/mol. The van der Waals surface area contributed by atoms with Crippen LogP contribution in [0, 0.1) is 22.0 Å². The molecule has 3 heterocycles. The number of carbonyl (C=O) groups excluding carboxylic acids is 2. The summed E-state index contributed by atoms with van der Waals surface area (Å²) in [5.74, 6) is -0.448. The quantitative estimate of drug-likeness (QED) is 0.571. The predicted octanol–water partition coefficient (Wildman–Crippen LogP) is 2.74. The van der Waals surface area contributed by atoms with E-state index in [-0.39, 0.29) is 17.6 Å². The molecule has 0 aliphatic carbocycles. The Hall–Kier alpha value is -3.16. The second-order valence-corrected chi connectivity index (χ2v) is 7.76. The first-order valence-corrected chi connectivity index (χ1v) is 9.87. The minimum atomic E-state index is -0.680. The number of carbonyl (C=O) groups is 2. The zero-order chi connectivity index (χ0) is 20.4. The van der Waals surface area contributed by atoms with Crippen LogP contribution in [0.2, 0.25) is 0 Å². The molecular formula is C21H23N3O5. The number of piperidine rings is 1. The largest absolute Gasteiger partial charge is 0.433 e. The zero-order valence-electron chi connectivity index (χ0n) is 16.0. The summed E-state index contributed by atoms with van der Waals surface area (Å²) in [7, 11) is 0. The van der Waals surface area contributed by atoms with Gasteiger partial charge in [-0.25, -0.2) is 0 Å². The normalized spacial score (nSPS) is 17.8. The van der Waals surface area contributed by atoms with Gasteiger partial charge in [-0.2, -0.15) is 0 Å². The van der Waals surface area contributed by atoms with Crippen LogP contribution < -0.4 is 0 Å². The van der Waals surface area contributed by atoms with E-state index in [1.54, 1.807) is 0 Å². The lowest BCUT2D eigenvalue weighted by molar-refractivity contribution is -0.402. The van der Waals surface area contributed by atoms with Crippen molar-refractivity contribution in [2.24, 2.45) is 11.8 Å². The van der Waals surface area contributed by atoms with Crippen LogP contribution in [0.1, 0.15) is 29.0 Å². The first kappa shape index (κ1) is 19.2. The van der Waals surface area contributed by atoms with Crippen molar-refractivity contribution in [3.05, 3.63) is 63.9 Å². The van der Waals surface area contributed by atoms with Gasteiger partial charge in [0, 0.05) is 26.2 Å². The molecule has 8 nitrogen and oxygen atoms in total. The number of amides is 2. The first-order chi connectivity index (χ1) is 14.0. The molecule has 2 aromatic rings. The molecule has 1 aromatic carbocycles. The van der Waals surface area contributed by atoms with E-state index in [0.29, 0.717) is 19.0 Å². The van der Waals surface area contributed by atoms with E-state index in [1.807, 2.05) is 11.0 Å². The van der Waals surface area contributed by atoms with Crippen molar-refractivity contribution in [1.29, 1.82) is 0 Å². The molecule has 8 heteroatoms. The summed E-state index contributed by atoms with van der Waals surface area (Å²) in [5, 5.41) is 10.7. The smallest absolute Gasteiger partial charge is 0.395 e. The van der Waals surface area contributed by atoms with Crippen molar-refractivity contribution in [2.45, 2.75) is 19.3 Å². The zero-order valence-corrected chi connectivity index (χ0v) is 16.0. The minimum absolute atomic E-state index is 0.0654. The average molecular weight is 397 g/mol. The molecule has 2 amide bonds. The van der Waals surface area contributed by atoms with Gasteiger partial charge >= 0.3 is 5.88 Å². The molecule has 0 N–H and O–H groups in total. The van der Waals surface area contributed by atoms with Gasteiger partial charge in [-0.15, -0.1) is 0 Å². The fourth-order valence-corrected chi connectivity index (χ4v) is 4.06. The molecule has 1 aromatic heterocycles. The second-order valence-electron chi connectivity index (χ2n) is 7.76. The first-order valence-electron chi connectivity index (χ1n) is 9.87. The molecule has 29 heavy (non-hydrogen) atoms.